The highest BCUT2D eigenvalue weighted by Gasteiger charge is 2.33. The summed E-state index contributed by atoms with van der Waals surface area (Å²) in [5.74, 6) is -0.674. The number of thiocarbonyl (C=S) groups is 1. The van der Waals surface area contributed by atoms with Gasteiger partial charge in [-0.2, -0.15) is 13.2 Å². The van der Waals surface area contributed by atoms with Crippen LogP contribution in [0.15, 0.2) is 59.0 Å². The molecule has 0 atom stereocenters. The van der Waals surface area contributed by atoms with Gasteiger partial charge in [-0.1, -0.05) is 30.7 Å². The number of hydrazine groups is 1. The van der Waals surface area contributed by atoms with E-state index in [4.69, 9.17) is 28.2 Å². The lowest BCUT2D eigenvalue weighted by atomic mass is 10.1. The molecule has 1 heterocycles. The SMILES string of the molecule is CCc1ccc(NC(=S)NNC(=O)c2ccc(-c3ccc(Cl)c(C(F)(F)F)c3)o2)cc1. The molecule has 1 aromatic heterocycles. The lowest BCUT2D eigenvalue weighted by Crippen LogP contribution is -2.43. The first-order valence-corrected chi connectivity index (χ1v) is 9.89. The van der Waals surface area contributed by atoms with Crippen molar-refractivity contribution in [3.63, 3.8) is 0 Å². The molecule has 0 bridgehead atoms. The molecule has 3 aromatic rings. The van der Waals surface area contributed by atoms with Gasteiger partial charge in [0.25, 0.3) is 0 Å². The molecule has 162 valence electrons. The molecule has 0 unspecified atom stereocenters. The average Bonchev–Trinajstić information content (AvgIpc) is 3.22. The molecular weight excluding hydrogens is 451 g/mol. The molecule has 0 spiro atoms. The van der Waals surface area contributed by atoms with Crippen LogP contribution in [-0.4, -0.2) is 11.0 Å². The number of nitrogens with one attached hydrogen (secondary N) is 3. The fourth-order valence-corrected chi connectivity index (χ4v) is 3.07. The molecule has 0 fully saturated rings. The van der Waals surface area contributed by atoms with E-state index in [1.54, 1.807) is 0 Å². The molecule has 0 radical (unpaired) electrons. The van der Waals surface area contributed by atoms with E-state index in [0.29, 0.717) is 0 Å². The first kappa shape index (κ1) is 22.6. The number of benzene rings is 2. The van der Waals surface area contributed by atoms with Gasteiger partial charge in [-0.05, 0) is 66.7 Å². The van der Waals surface area contributed by atoms with Crippen molar-refractivity contribution in [1.29, 1.82) is 0 Å². The molecular formula is C21H17ClF3N3O2S. The van der Waals surface area contributed by atoms with Crippen molar-refractivity contribution in [3.8, 4) is 11.3 Å². The van der Waals surface area contributed by atoms with Crippen molar-refractivity contribution in [2.75, 3.05) is 5.32 Å². The van der Waals surface area contributed by atoms with E-state index in [1.807, 2.05) is 31.2 Å². The molecule has 3 N–H and O–H groups in total. The highest BCUT2D eigenvalue weighted by Crippen LogP contribution is 2.37. The summed E-state index contributed by atoms with van der Waals surface area (Å²) in [6.07, 6.45) is -3.69. The summed E-state index contributed by atoms with van der Waals surface area (Å²) in [4.78, 5) is 12.3. The van der Waals surface area contributed by atoms with Gasteiger partial charge < -0.3 is 9.73 Å². The summed E-state index contributed by atoms with van der Waals surface area (Å²) in [6.45, 7) is 2.05. The summed E-state index contributed by atoms with van der Waals surface area (Å²) >= 11 is 10.7. The Morgan fingerprint density at radius 2 is 1.77 bits per heavy atom. The van der Waals surface area contributed by atoms with Gasteiger partial charge in [0.05, 0.1) is 10.6 Å². The number of furan rings is 1. The molecule has 2 aromatic carbocycles. The van der Waals surface area contributed by atoms with Crippen molar-refractivity contribution in [3.05, 3.63) is 76.5 Å². The fraction of sp³-hybridized carbons (Fsp3) is 0.143. The topological polar surface area (TPSA) is 66.3 Å². The second-order valence-electron chi connectivity index (χ2n) is 6.44. The zero-order valence-electron chi connectivity index (χ0n) is 16.1. The van der Waals surface area contributed by atoms with Gasteiger partial charge in [-0.3, -0.25) is 15.6 Å². The number of anilines is 1. The van der Waals surface area contributed by atoms with Crippen LogP contribution < -0.4 is 16.2 Å². The Morgan fingerprint density at radius 3 is 2.42 bits per heavy atom. The van der Waals surface area contributed by atoms with Crippen LogP contribution in [0.5, 0.6) is 0 Å². The molecule has 5 nitrogen and oxygen atoms in total. The normalized spacial score (nSPS) is 11.1. The lowest BCUT2D eigenvalue weighted by Gasteiger charge is -2.11. The smallest absolute Gasteiger partial charge is 0.417 e. The van der Waals surface area contributed by atoms with Crippen LogP contribution in [-0.2, 0) is 12.6 Å². The third-order valence-electron chi connectivity index (χ3n) is 4.30. The van der Waals surface area contributed by atoms with E-state index in [-0.39, 0.29) is 22.2 Å². The first-order valence-electron chi connectivity index (χ1n) is 9.10. The van der Waals surface area contributed by atoms with Crippen LogP contribution in [0.3, 0.4) is 0 Å². The summed E-state index contributed by atoms with van der Waals surface area (Å²) < 4.78 is 44.5. The standard InChI is InChI=1S/C21H17ClF3N3O2S/c1-2-12-3-6-14(7-4-12)26-20(31)28-27-19(29)18-10-9-17(30-18)13-5-8-16(22)15(11-13)21(23,24)25/h3-11H,2H2,1H3,(H,27,29)(H2,26,28,31). The minimum atomic E-state index is -4.61. The average molecular weight is 468 g/mol. The van der Waals surface area contributed by atoms with Gasteiger partial charge in [-0.25, -0.2) is 0 Å². The van der Waals surface area contributed by atoms with Crippen LogP contribution in [0, 0.1) is 0 Å². The Labute approximate surface area is 186 Å². The van der Waals surface area contributed by atoms with Gasteiger partial charge in [-0.15, -0.1) is 0 Å². The summed E-state index contributed by atoms with van der Waals surface area (Å²) in [6, 6.07) is 13.7. The second-order valence-corrected chi connectivity index (χ2v) is 7.26. The van der Waals surface area contributed by atoms with Crippen molar-refractivity contribution in [1.82, 2.24) is 10.9 Å². The van der Waals surface area contributed by atoms with E-state index in [2.05, 4.69) is 16.2 Å². The minimum Gasteiger partial charge on any atom is -0.451 e. The Kier molecular flexibility index (Phi) is 6.87. The summed E-state index contributed by atoms with van der Waals surface area (Å²) in [5.41, 5.74) is 5.97. The molecule has 0 aliphatic carbocycles. The monoisotopic (exact) mass is 467 g/mol. The van der Waals surface area contributed by atoms with Crippen LogP contribution in [0.25, 0.3) is 11.3 Å². The van der Waals surface area contributed by atoms with Crippen LogP contribution in [0.2, 0.25) is 5.02 Å². The summed E-state index contributed by atoms with van der Waals surface area (Å²) in [5, 5.41) is 2.64. The molecule has 0 aliphatic heterocycles. The number of carbonyl (C=O) groups excluding carboxylic acids is 1. The summed E-state index contributed by atoms with van der Waals surface area (Å²) in [7, 11) is 0. The number of rotatable bonds is 4. The zero-order chi connectivity index (χ0) is 22.6. The maximum atomic E-state index is 13.0. The minimum absolute atomic E-state index is 0.0871. The molecule has 1 amide bonds. The third-order valence-corrected chi connectivity index (χ3v) is 4.83. The Balaban J connectivity index is 1.62. The largest absolute Gasteiger partial charge is 0.451 e. The molecule has 0 saturated carbocycles. The van der Waals surface area contributed by atoms with E-state index in [9.17, 15) is 18.0 Å². The predicted octanol–water partition coefficient (Wildman–Crippen LogP) is 5.81. The van der Waals surface area contributed by atoms with Gasteiger partial charge in [0.15, 0.2) is 10.9 Å². The molecule has 0 saturated heterocycles. The van der Waals surface area contributed by atoms with E-state index in [0.717, 1.165) is 24.2 Å². The van der Waals surface area contributed by atoms with Crippen molar-refractivity contribution < 1.29 is 22.4 Å². The van der Waals surface area contributed by atoms with E-state index >= 15 is 0 Å². The number of halogens is 4. The predicted molar refractivity (Wildman–Crippen MR) is 117 cm³/mol. The third kappa shape index (κ3) is 5.77. The van der Waals surface area contributed by atoms with E-state index in [1.165, 1.54) is 23.8 Å². The van der Waals surface area contributed by atoms with Gasteiger partial charge >= 0.3 is 12.1 Å². The number of aryl methyl sites for hydroxylation is 1. The Morgan fingerprint density at radius 1 is 1.06 bits per heavy atom. The maximum absolute atomic E-state index is 13.0. The lowest BCUT2D eigenvalue weighted by molar-refractivity contribution is -0.137. The second kappa shape index (κ2) is 9.40. The molecule has 31 heavy (non-hydrogen) atoms. The Bertz CT molecular complexity index is 1100. The van der Waals surface area contributed by atoms with Gasteiger partial charge in [0.2, 0.25) is 0 Å². The van der Waals surface area contributed by atoms with Crippen molar-refractivity contribution >= 4 is 40.5 Å². The van der Waals surface area contributed by atoms with Crippen LogP contribution in [0.1, 0.15) is 28.6 Å². The van der Waals surface area contributed by atoms with Crippen molar-refractivity contribution in [2.24, 2.45) is 0 Å². The highest BCUT2D eigenvalue weighted by molar-refractivity contribution is 7.80. The fourth-order valence-electron chi connectivity index (χ4n) is 2.67. The number of carbonyl (C=O) groups is 1. The molecule has 10 heteroatoms. The van der Waals surface area contributed by atoms with E-state index < -0.39 is 22.7 Å². The number of alkyl halides is 3. The first-order chi connectivity index (χ1) is 14.7. The van der Waals surface area contributed by atoms with Crippen molar-refractivity contribution in [2.45, 2.75) is 19.5 Å². The quantitative estimate of drug-likeness (QED) is 0.333. The van der Waals surface area contributed by atoms with Gasteiger partial charge in [0.1, 0.15) is 5.76 Å². The number of amides is 1. The van der Waals surface area contributed by atoms with Crippen LogP contribution in [0.4, 0.5) is 18.9 Å². The number of hydrogen-bond acceptors (Lipinski definition) is 3. The Hall–Kier alpha value is -3.04. The number of hydrogen-bond donors (Lipinski definition) is 3. The maximum Gasteiger partial charge on any atom is 0.417 e. The van der Waals surface area contributed by atoms with Crippen LogP contribution >= 0.6 is 23.8 Å². The molecule has 3 rings (SSSR count). The van der Waals surface area contributed by atoms with Gasteiger partial charge in [0, 0.05) is 11.3 Å². The molecule has 0 aliphatic rings. The zero-order valence-corrected chi connectivity index (χ0v) is 17.7. The highest BCUT2D eigenvalue weighted by atomic mass is 35.5.